The summed E-state index contributed by atoms with van der Waals surface area (Å²) in [7, 11) is 0. The lowest BCUT2D eigenvalue weighted by Crippen LogP contribution is -2.12. The predicted octanol–water partition coefficient (Wildman–Crippen LogP) is 5.37. The van der Waals surface area contributed by atoms with Crippen LogP contribution in [0.4, 0.5) is 5.69 Å². The van der Waals surface area contributed by atoms with Crippen molar-refractivity contribution in [2.75, 3.05) is 6.26 Å². The first-order valence-electron chi connectivity index (χ1n) is 4.23. The standard InChI is InChI=1S/C9H4Cl5N3S/c1-18-9(16-2-15)17-8-6(13)4(11)3(10)5(12)7(8)14/h1H3,(H,16,17). The zero-order valence-electron chi connectivity index (χ0n) is 8.69. The van der Waals surface area contributed by atoms with Gasteiger partial charge in [-0.25, -0.2) is 4.99 Å². The van der Waals surface area contributed by atoms with Gasteiger partial charge < -0.3 is 0 Å². The molecule has 1 aromatic carbocycles. The normalized spacial score (nSPS) is 11.3. The fourth-order valence-corrected chi connectivity index (χ4v) is 2.51. The maximum atomic E-state index is 8.54. The Kier molecular flexibility index (Phi) is 6.19. The summed E-state index contributed by atoms with van der Waals surface area (Å²) in [5, 5.41) is 11.5. The monoisotopic (exact) mass is 361 g/mol. The minimum Gasteiger partial charge on any atom is -0.271 e. The van der Waals surface area contributed by atoms with E-state index in [1.165, 1.54) is 11.8 Å². The number of benzene rings is 1. The van der Waals surface area contributed by atoms with Gasteiger partial charge in [-0.15, -0.1) is 0 Å². The first kappa shape index (κ1) is 16.0. The van der Waals surface area contributed by atoms with Crippen molar-refractivity contribution in [3.05, 3.63) is 25.1 Å². The maximum absolute atomic E-state index is 8.54. The van der Waals surface area contributed by atoms with Gasteiger partial charge >= 0.3 is 0 Å². The number of aliphatic imine (C=N–C) groups is 1. The van der Waals surface area contributed by atoms with Crippen molar-refractivity contribution in [3.8, 4) is 6.19 Å². The summed E-state index contributed by atoms with van der Waals surface area (Å²) in [6, 6.07) is 0. The van der Waals surface area contributed by atoms with Crippen LogP contribution in [0.3, 0.4) is 0 Å². The zero-order valence-corrected chi connectivity index (χ0v) is 13.3. The van der Waals surface area contributed by atoms with E-state index < -0.39 is 0 Å². The van der Waals surface area contributed by atoms with E-state index in [0.717, 1.165) is 0 Å². The first-order valence-corrected chi connectivity index (χ1v) is 7.34. The second-order valence-corrected chi connectivity index (χ2v) is 5.46. The van der Waals surface area contributed by atoms with Crippen LogP contribution in [0.2, 0.25) is 25.1 Å². The van der Waals surface area contributed by atoms with Crippen LogP contribution in [0.15, 0.2) is 4.99 Å². The van der Waals surface area contributed by atoms with Crippen molar-refractivity contribution in [3.63, 3.8) is 0 Å². The van der Waals surface area contributed by atoms with Crippen molar-refractivity contribution >= 4 is 80.6 Å². The van der Waals surface area contributed by atoms with Gasteiger partial charge in [0, 0.05) is 0 Å². The maximum Gasteiger partial charge on any atom is 0.183 e. The Labute approximate surface area is 133 Å². The third-order valence-corrected chi connectivity index (χ3v) is 4.59. The van der Waals surface area contributed by atoms with Gasteiger partial charge in [0.1, 0.15) is 5.69 Å². The molecule has 0 saturated heterocycles. The van der Waals surface area contributed by atoms with E-state index in [-0.39, 0.29) is 30.8 Å². The van der Waals surface area contributed by atoms with Gasteiger partial charge in [-0.3, -0.25) is 5.32 Å². The average Bonchev–Trinajstić information content (AvgIpc) is 2.37. The zero-order chi connectivity index (χ0) is 13.9. The van der Waals surface area contributed by atoms with E-state index in [9.17, 15) is 0 Å². The third kappa shape index (κ3) is 3.30. The highest BCUT2D eigenvalue weighted by atomic mass is 35.5. The summed E-state index contributed by atoms with van der Waals surface area (Å²) in [5.74, 6) is 0. The molecule has 9 heteroatoms. The summed E-state index contributed by atoms with van der Waals surface area (Å²) >= 11 is 30.8. The van der Waals surface area contributed by atoms with Gasteiger partial charge in [0.05, 0.1) is 25.1 Å². The Morgan fingerprint density at radius 2 is 1.50 bits per heavy atom. The minimum atomic E-state index is 0.0592. The number of amidine groups is 1. The molecule has 1 N–H and O–H groups in total. The molecule has 0 bridgehead atoms. The number of nitriles is 1. The molecule has 96 valence electrons. The summed E-state index contributed by atoms with van der Waals surface area (Å²) < 4.78 is 0. The lowest BCUT2D eigenvalue weighted by atomic mass is 10.3. The summed E-state index contributed by atoms with van der Waals surface area (Å²) in [6.07, 6.45) is 3.46. The molecule has 0 aromatic heterocycles. The van der Waals surface area contributed by atoms with Crippen LogP contribution in [0.1, 0.15) is 0 Å². The number of hydrogen-bond acceptors (Lipinski definition) is 3. The van der Waals surface area contributed by atoms with Crippen molar-refractivity contribution in [1.82, 2.24) is 5.32 Å². The van der Waals surface area contributed by atoms with Crippen molar-refractivity contribution in [2.45, 2.75) is 0 Å². The molecule has 0 atom stereocenters. The number of nitrogens with zero attached hydrogens (tertiary/aromatic N) is 2. The molecule has 1 rings (SSSR count). The third-order valence-electron chi connectivity index (χ3n) is 1.76. The molecule has 0 radical (unpaired) electrons. The van der Waals surface area contributed by atoms with Crippen molar-refractivity contribution in [1.29, 1.82) is 5.26 Å². The number of nitrogens with one attached hydrogen (secondary N) is 1. The second kappa shape index (κ2) is 6.95. The molecule has 0 aliphatic carbocycles. The Hall–Kier alpha value is -0.0200. The van der Waals surface area contributed by atoms with Gasteiger partial charge in [0.25, 0.3) is 0 Å². The lowest BCUT2D eigenvalue weighted by Gasteiger charge is -2.09. The molecule has 0 unspecified atom stereocenters. The molecule has 1 aromatic rings. The van der Waals surface area contributed by atoms with Crippen molar-refractivity contribution < 1.29 is 0 Å². The molecular weight excluding hydrogens is 359 g/mol. The largest absolute Gasteiger partial charge is 0.271 e. The van der Waals surface area contributed by atoms with E-state index in [0.29, 0.717) is 5.17 Å². The average molecular weight is 363 g/mol. The fraction of sp³-hybridized carbons (Fsp3) is 0.111. The van der Waals surface area contributed by atoms with E-state index >= 15 is 0 Å². The van der Waals surface area contributed by atoms with Crippen LogP contribution in [0, 0.1) is 11.5 Å². The second-order valence-electron chi connectivity index (χ2n) is 2.78. The highest BCUT2D eigenvalue weighted by Crippen LogP contribution is 2.48. The molecule has 0 aliphatic rings. The fourth-order valence-electron chi connectivity index (χ4n) is 0.965. The molecule has 3 nitrogen and oxygen atoms in total. The Bertz CT molecular complexity index is 523. The first-order chi connectivity index (χ1) is 8.43. The highest BCUT2D eigenvalue weighted by Gasteiger charge is 2.19. The smallest absolute Gasteiger partial charge is 0.183 e. The molecule has 0 spiro atoms. The number of hydrogen-bond donors (Lipinski definition) is 1. The molecule has 0 fully saturated rings. The van der Waals surface area contributed by atoms with Gasteiger partial charge in [0.2, 0.25) is 0 Å². The topological polar surface area (TPSA) is 48.2 Å². The quantitative estimate of drug-likeness (QED) is 0.182. The Balaban J connectivity index is 3.47. The SMILES string of the molecule is CSC(=Nc1c(Cl)c(Cl)c(Cl)c(Cl)c1Cl)NC#N. The van der Waals surface area contributed by atoms with Crippen molar-refractivity contribution in [2.24, 2.45) is 4.99 Å². The summed E-state index contributed by atoms with van der Waals surface area (Å²) in [4.78, 5) is 4.08. The van der Waals surface area contributed by atoms with Crippen LogP contribution in [0.25, 0.3) is 0 Å². The van der Waals surface area contributed by atoms with Crippen LogP contribution in [-0.2, 0) is 0 Å². The summed E-state index contributed by atoms with van der Waals surface area (Å²) in [5.41, 5.74) is 0.157. The van der Waals surface area contributed by atoms with Gasteiger partial charge in [-0.05, 0) is 6.26 Å². The number of rotatable bonds is 1. The van der Waals surface area contributed by atoms with Crippen LogP contribution in [0.5, 0.6) is 0 Å². The number of halogens is 5. The van der Waals surface area contributed by atoms with Crippen LogP contribution >= 0.6 is 69.8 Å². The van der Waals surface area contributed by atoms with Crippen LogP contribution < -0.4 is 5.32 Å². The van der Waals surface area contributed by atoms with E-state index in [4.69, 9.17) is 63.3 Å². The molecule has 18 heavy (non-hydrogen) atoms. The molecule has 0 heterocycles. The number of thioether (sulfide) groups is 1. The molecule has 0 aliphatic heterocycles. The molecule has 0 saturated carbocycles. The summed E-state index contributed by atoms with van der Waals surface area (Å²) in [6.45, 7) is 0. The van der Waals surface area contributed by atoms with E-state index in [1.807, 2.05) is 0 Å². The van der Waals surface area contributed by atoms with E-state index in [2.05, 4.69) is 10.3 Å². The van der Waals surface area contributed by atoms with Gasteiger partial charge in [0.15, 0.2) is 11.4 Å². The van der Waals surface area contributed by atoms with Gasteiger partial charge in [-0.2, -0.15) is 5.26 Å². The highest BCUT2D eigenvalue weighted by molar-refractivity contribution is 8.13. The van der Waals surface area contributed by atoms with E-state index in [1.54, 1.807) is 12.4 Å². The molecular formula is C9H4Cl5N3S. The van der Waals surface area contributed by atoms with Crippen LogP contribution in [-0.4, -0.2) is 11.4 Å². The Morgan fingerprint density at radius 1 is 1.06 bits per heavy atom. The Morgan fingerprint density at radius 3 is 1.89 bits per heavy atom. The predicted molar refractivity (Wildman–Crippen MR) is 80.9 cm³/mol. The lowest BCUT2D eigenvalue weighted by molar-refractivity contribution is 1.28. The van der Waals surface area contributed by atoms with Gasteiger partial charge in [-0.1, -0.05) is 69.8 Å². The molecule has 0 amide bonds. The minimum absolute atomic E-state index is 0.0592.